The van der Waals surface area contributed by atoms with E-state index >= 15 is 0 Å². The van der Waals surface area contributed by atoms with Crippen LogP contribution in [0, 0.1) is 12.7 Å². The number of nitrogens with two attached hydrogens (primary N) is 1. The van der Waals surface area contributed by atoms with E-state index in [2.05, 4.69) is 38.0 Å². The van der Waals surface area contributed by atoms with Crippen LogP contribution >= 0.6 is 0 Å². The minimum absolute atomic E-state index is 0.369. The predicted octanol–water partition coefficient (Wildman–Crippen LogP) is 5.60. The third-order valence-corrected chi connectivity index (χ3v) is 5.47. The van der Waals surface area contributed by atoms with Crippen LogP contribution in [0.15, 0.2) is 73.6 Å². The zero-order chi connectivity index (χ0) is 22.2. The zero-order valence-corrected chi connectivity index (χ0v) is 17.4. The highest BCUT2D eigenvalue weighted by Gasteiger charge is 2.17. The second-order valence-electron chi connectivity index (χ2n) is 7.63. The van der Waals surface area contributed by atoms with E-state index in [-0.39, 0.29) is 5.82 Å². The Morgan fingerprint density at radius 2 is 2.00 bits per heavy atom. The van der Waals surface area contributed by atoms with Crippen molar-refractivity contribution in [2.75, 3.05) is 5.73 Å². The maximum atomic E-state index is 14.0. The molecular formula is C25H21FN6. The molecule has 0 bridgehead atoms. The molecule has 5 N–H and O–H groups in total. The summed E-state index contributed by atoms with van der Waals surface area (Å²) in [4.78, 5) is 3.43. The highest BCUT2D eigenvalue weighted by Crippen LogP contribution is 2.34. The Bertz CT molecular complexity index is 1450. The molecule has 3 heterocycles. The molecule has 32 heavy (non-hydrogen) atoms. The van der Waals surface area contributed by atoms with Crippen LogP contribution in [0.25, 0.3) is 39.0 Å². The maximum absolute atomic E-state index is 14.0. The Labute approximate surface area is 183 Å². The van der Waals surface area contributed by atoms with Gasteiger partial charge in [0.2, 0.25) is 0 Å². The Morgan fingerprint density at radius 1 is 1.12 bits per heavy atom. The van der Waals surface area contributed by atoms with Crippen LogP contribution in [0.5, 0.6) is 0 Å². The van der Waals surface area contributed by atoms with Crippen molar-refractivity contribution in [3.05, 3.63) is 96.2 Å². The molecule has 3 aromatic heterocycles. The molecule has 0 aliphatic rings. The Balaban J connectivity index is 1.63. The monoisotopic (exact) mass is 424 g/mol. The molecule has 0 saturated carbocycles. The first kappa shape index (κ1) is 19.6. The number of fused-ring (bicyclic) bond motifs is 1. The van der Waals surface area contributed by atoms with Gasteiger partial charge in [-0.1, -0.05) is 24.8 Å². The van der Waals surface area contributed by atoms with E-state index in [0.717, 1.165) is 50.2 Å². The average molecular weight is 424 g/mol. The number of allylic oxidation sites excluding steroid dienone is 2. The van der Waals surface area contributed by atoms with Crippen LogP contribution in [0.3, 0.4) is 0 Å². The minimum Gasteiger partial charge on any atom is -0.399 e. The first-order valence-corrected chi connectivity index (χ1v) is 10.1. The molecule has 6 nitrogen and oxygen atoms in total. The lowest BCUT2D eigenvalue weighted by Gasteiger charge is -2.08. The number of hydrogen-bond donors (Lipinski definition) is 4. The third kappa shape index (κ3) is 3.39. The summed E-state index contributed by atoms with van der Waals surface area (Å²) in [6.45, 7) is 5.80. The summed E-state index contributed by atoms with van der Waals surface area (Å²) in [7, 11) is 0. The van der Waals surface area contributed by atoms with Crippen LogP contribution in [0.4, 0.5) is 10.1 Å². The molecule has 5 aromatic rings. The Hall–Kier alpha value is -4.39. The largest absolute Gasteiger partial charge is 0.399 e. The van der Waals surface area contributed by atoms with Gasteiger partial charge in [-0.2, -0.15) is 10.2 Å². The molecule has 0 amide bonds. The topological polar surface area (TPSA) is 99.2 Å². The van der Waals surface area contributed by atoms with Crippen LogP contribution < -0.4 is 5.73 Å². The summed E-state index contributed by atoms with van der Waals surface area (Å²) >= 11 is 0. The van der Waals surface area contributed by atoms with E-state index in [1.165, 1.54) is 12.1 Å². The van der Waals surface area contributed by atoms with E-state index in [0.29, 0.717) is 11.3 Å². The fourth-order valence-corrected chi connectivity index (χ4v) is 4.00. The summed E-state index contributed by atoms with van der Waals surface area (Å²) in [6, 6.07) is 12.7. The van der Waals surface area contributed by atoms with Crippen molar-refractivity contribution in [1.29, 1.82) is 0 Å². The maximum Gasteiger partial charge on any atom is 0.125 e. The molecule has 0 aliphatic heterocycles. The summed E-state index contributed by atoms with van der Waals surface area (Å²) in [5.41, 5.74) is 14.2. The van der Waals surface area contributed by atoms with Gasteiger partial charge in [-0.3, -0.25) is 10.2 Å². The lowest BCUT2D eigenvalue weighted by Crippen LogP contribution is -1.93. The molecule has 0 saturated heterocycles. The quantitative estimate of drug-likeness (QED) is 0.218. The predicted molar refractivity (Wildman–Crippen MR) is 126 cm³/mol. The fourth-order valence-electron chi connectivity index (χ4n) is 4.00. The number of halogens is 1. The third-order valence-electron chi connectivity index (χ3n) is 5.47. The van der Waals surface area contributed by atoms with Crippen molar-refractivity contribution in [3.8, 4) is 22.5 Å². The number of nitrogens with zero attached hydrogens (tertiary/aromatic N) is 2. The van der Waals surface area contributed by atoms with Crippen molar-refractivity contribution in [3.63, 3.8) is 0 Å². The van der Waals surface area contributed by atoms with Crippen LogP contribution in [0.1, 0.15) is 16.8 Å². The van der Waals surface area contributed by atoms with Crippen molar-refractivity contribution in [2.45, 2.75) is 6.92 Å². The number of H-pyrrole nitrogens is 3. The molecule has 2 aromatic carbocycles. The van der Waals surface area contributed by atoms with Gasteiger partial charge in [0.25, 0.3) is 0 Å². The average Bonchev–Trinajstić information content (AvgIpc) is 3.50. The van der Waals surface area contributed by atoms with Crippen LogP contribution in [-0.2, 0) is 0 Å². The number of rotatable bonds is 5. The van der Waals surface area contributed by atoms with Gasteiger partial charge in [0.15, 0.2) is 0 Å². The van der Waals surface area contributed by atoms with Gasteiger partial charge in [0.1, 0.15) is 11.5 Å². The second-order valence-corrected chi connectivity index (χ2v) is 7.63. The lowest BCUT2D eigenvalue weighted by molar-refractivity contribution is 0.628. The van der Waals surface area contributed by atoms with E-state index in [4.69, 9.17) is 5.73 Å². The fraction of sp³-hybridized carbons (Fsp3) is 0.0400. The van der Waals surface area contributed by atoms with Crippen molar-refractivity contribution in [2.24, 2.45) is 0 Å². The summed E-state index contributed by atoms with van der Waals surface area (Å²) in [5, 5.41) is 15.5. The van der Waals surface area contributed by atoms with E-state index in [1.54, 1.807) is 18.3 Å². The van der Waals surface area contributed by atoms with Gasteiger partial charge in [-0.05, 0) is 60.0 Å². The smallest absolute Gasteiger partial charge is 0.125 e. The molecule has 158 valence electrons. The number of aryl methyl sites for hydroxylation is 1. The molecular weight excluding hydrogens is 403 g/mol. The first-order chi connectivity index (χ1) is 15.5. The lowest BCUT2D eigenvalue weighted by atomic mass is 9.96. The summed E-state index contributed by atoms with van der Waals surface area (Å²) in [5.74, 6) is -0.381. The van der Waals surface area contributed by atoms with Crippen molar-refractivity contribution >= 4 is 22.2 Å². The van der Waals surface area contributed by atoms with Gasteiger partial charge in [-0.25, -0.2) is 4.39 Å². The summed E-state index contributed by atoms with van der Waals surface area (Å²) in [6.07, 6.45) is 7.18. The number of nitrogens with one attached hydrogen (secondary N) is 3. The van der Waals surface area contributed by atoms with Gasteiger partial charge in [0.05, 0.1) is 17.4 Å². The molecule has 0 atom stereocenters. The second kappa shape index (κ2) is 7.70. The number of aromatic nitrogens is 5. The Morgan fingerprint density at radius 3 is 2.75 bits per heavy atom. The molecule has 0 unspecified atom stereocenters. The molecule has 0 radical (unpaired) electrons. The minimum atomic E-state index is -0.381. The standard InChI is InChI=1S/C25H21FN6/c1-3-4-20(16-7-18(26)10-19(27)8-16)21-11-24(30-14(21)2)25-22-9-15(17-12-28-29-13-17)5-6-23(22)31-32-25/h3-13,30H,1,27H2,2H3,(H,28,29)(H,31,32)/b20-4-. The van der Waals surface area contributed by atoms with E-state index in [9.17, 15) is 4.39 Å². The van der Waals surface area contributed by atoms with E-state index in [1.807, 2.05) is 37.4 Å². The first-order valence-electron chi connectivity index (χ1n) is 10.1. The Kier molecular flexibility index (Phi) is 4.71. The van der Waals surface area contributed by atoms with Crippen LogP contribution in [0.2, 0.25) is 0 Å². The number of benzene rings is 2. The van der Waals surface area contributed by atoms with E-state index < -0.39 is 0 Å². The van der Waals surface area contributed by atoms with Crippen molar-refractivity contribution < 1.29 is 4.39 Å². The molecule has 5 rings (SSSR count). The van der Waals surface area contributed by atoms with Gasteiger partial charge in [-0.15, -0.1) is 0 Å². The SMILES string of the molecule is C=C/C=C(/c1cc(N)cc(F)c1)c1cc(-c2n[nH]c3ccc(-c4cn[nH]c4)cc23)[nH]c1C. The number of aromatic amines is 3. The molecule has 0 spiro atoms. The highest BCUT2D eigenvalue weighted by molar-refractivity contribution is 5.96. The van der Waals surface area contributed by atoms with Crippen LogP contribution in [-0.4, -0.2) is 25.4 Å². The zero-order valence-electron chi connectivity index (χ0n) is 17.4. The van der Waals surface area contributed by atoms with Gasteiger partial charge >= 0.3 is 0 Å². The normalized spacial score (nSPS) is 11.9. The van der Waals surface area contributed by atoms with Crippen molar-refractivity contribution in [1.82, 2.24) is 25.4 Å². The number of nitrogen functional groups attached to an aromatic ring is 1. The molecule has 0 fully saturated rings. The number of hydrogen-bond acceptors (Lipinski definition) is 3. The molecule has 7 heteroatoms. The van der Waals surface area contributed by atoms with Gasteiger partial charge < -0.3 is 10.7 Å². The summed E-state index contributed by atoms with van der Waals surface area (Å²) < 4.78 is 14.0. The van der Waals surface area contributed by atoms with Gasteiger partial charge in [0, 0.05) is 34.1 Å². The highest BCUT2D eigenvalue weighted by atomic mass is 19.1. The number of anilines is 1. The molecule has 0 aliphatic carbocycles.